The number of rotatable bonds is 6. The van der Waals surface area contributed by atoms with Crippen LogP contribution in [0.4, 0.5) is 5.69 Å². The Labute approximate surface area is 160 Å². The molecule has 2 aromatic carbocycles. The number of carbonyl (C=O) groups excluding carboxylic acids is 1. The van der Waals surface area contributed by atoms with Crippen molar-refractivity contribution < 1.29 is 23.7 Å². The Morgan fingerprint density at radius 1 is 0.815 bits per heavy atom. The second-order valence-corrected chi connectivity index (χ2v) is 7.03. The summed E-state index contributed by atoms with van der Waals surface area (Å²) in [4.78, 5) is 12.9. The van der Waals surface area contributed by atoms with E-state index in [2.05, 4.69) is 26.1 Å². The Balaban J connectivity index is 2.43. The molecule has 146 valence electrons. The van der Waals surface area contributed by atoms with Crippen LogP contribution in [0.15, 0.2) is 30.3 Å². The molecule has 0 aromatic heterocycles. The van der Waals surface area contributed by atoms with E-state index in [0.717, 1.165) is 5.56 Å². The number of anilines is 1. The van der Waals surface area contributed by atoms with Crippen molar-refractivity contribution in [3.05, 3.63) is 41.5 Å². The highest BCUT2D eigenvalue weighted by Crippen LogP contribution is 2.39. The second kappa shape index (κ2) is 8.20. The molecular weight excluding hydrogens is 346 g/mol. The predicted molar refractivity (Wildman–Crippen MR) is 106 cm³/mol. The fraction of sp³-hybridized carbons (Fsp3) is 0.381. The third-order valence-electron chi connectivity index (χ3n) is 4.24. The van der Waals surface area contributed by atoms with Gasteiger partial charge in [-0.3, -0.25) is 4.79 Å². The van der Waals surface area contributed by atoms with Crippen LogP contribution >= 0.6 is 0 Å². The summed E-state index contributed by atoms with van der Waals surface area (Å²) >= 11 is 0. The summed E-state index contributed by atoms with van der Waals surface area (Å²) < 4.78 is 21.3. The summed E-state index contributed by atoms with van der Waals surface area (Å²) in [7, 11) is 6.10. The van der Waals surface area contributed by atoms with Crippen molar-refractivity contribution in [1.29, 1.82) is 0 Å². The Morgan fingerprint density at radius 3 is 1.81 bits per heavy atom. The van der Waals surface area contributed by atoms with Crippen LogP contribution < -0.4 is 24.3 Å². The standard InChI is InChI=1S/C21H27NO5/c1-21(2,3)14-8-9-16(24-4)15(12-14)22-20(23)13-10-17(25-5)19(27-7)18(11-13)26-6/h8-12H,1-7H3,(H,22,23). The van der Waals surface area contributed by atoms with E-state index in [1.165, 1.54) is 21.3 Å². The SMILES string of the molecule is COc1ccc(C(C)(C)C)cc1NC(=O)c1cc(OC)c(OC)c(OC)c1. The van der Waals surface area contributed by atoms with Crippen molar-refractivity contribution in [3.63, 3.8) is 0 Å². The van der Waals surface area contributed by atoms with Gasteiger partial charge in [-0.25, -0.2) is 0 Å². The molecule has 0 saturated carbocycles. The van der Waals surface area contributed by atoms with E-state index in [-0.39, 0.29) is 11.3 Å². The molecule has 27 heavy (non-hydrogen) atoms. The van der Waals surface area contributed by atoms with Crippen molar-refractivity contribution in [3.8, 4) is 23.0 Å². The fourth-order valence-electron chi connectivity index (χ4n) is 2.68. The highest BCUT2D eigenvalue weighted by atomic mass is 16.5. The summed E-state index contributed by atoms with van der Waals surface area (Å²) in [6.45, 7) is 6.33. The normalized spacial score (nSPS) is 10.9. The first-order valence-electron chi connectivity index (χ1n) is 8.55. The lowest BCUT2D eigenvalue weighted by Crippen LogP contribution is -2.16. The van der Waals surface area contributed by atoms with E-state index in [1.807, 2.05) is 18.2 Å². The number of benzene rings is 2. The fourth-order valence-corrected chi connectivity index (χ4v) is 2.68. The van der Waals surface area contributed by atoms with Gasteiger partial charge in [-0.15, -0.1) is 0 Å². The van der Waals surface area contributed by atoms with Crippen LogP contribution in [-0.2, 0) is 5.41 Å². The first-order valence-corrected chi connectivity index (χ1v) is 8.55. The van der Waals surface area contributed by atoms with Crippen LogP contribution in [0, 0.1) is 0 Å². The molecule has 0 aliphatic carbocycles. The van der Waals surface area contributed by atoms with Gasteiger partial charge in [0.1, 0.15) is 5.75 Å². The number of hydrogen-bond acceptors (Lipinski definition) is 5. The Kier molecular flexibility index (Phi) is 6.20. The zero-order valence-electron chi connectivity index (χ0n) is 16.9. The molecule has 0 fully saturated rings. The molecule has 2 aromatic rings. The van der Waals surface area contributed by atoms with E-state index in [4.69, 9.17) is 18.9 Å². The van der Waals surface area contributed by atoms with E-state index >= 15 is 0 Å². The monoisotopic (exact) mass is 373 g/mol. The van der Waals surface area contributed by atoms with Gasteiger partial charge in [0.25, 0.3) is 5.91 Å². The maximum atomic E-state index is 12.9. The Bertz CT molecular complexity index is 799. The van der Waals surface area contributed by atoms with Gasteiger partial charge in [0.15, 0.2) is 11.5 Å². The quantitative estimate of drug-likeness (QED) is 0.819. The van der Waals surface area contributed by atoms with Crippen molar-refractivity contribution in [2.24, 2.45) is 0 Å². The third kappa shape index (κ3) is 4.45. The predicted octanol–water partition coefficient (Wildman–Crippen LogP) is 4.27. The van der Waals surface area contributed by atoms with Gasteiger partial charge in [-0.05, 0) is 35.2 Å². The molecule has 0 bridgehead atoms. The molecular formula is C21H27NO5. The first-order chi connectivity index (χ1) is 12.7. The molecule has 0 saturated heterocycles. The van der Waals surface area contributed by atoms with Gasteiger partial charge >= 0.3 is 0 Å². The number of ether oxygens (including phenoxy) is 4. The maximum Gasteiger partial charge on any atom is 0.256 e. The van der Waals surface area contributed by atoms with Gasteiger partial charge in [-0.2, -0.15) is 0 Å². The average molecular weight is 373 g/mol. The van der Waals surface area contributed by atoms with Gasteiger partial charge in [0, 0.05) is 5.56 Å². The number of nitrogens with one attached hydrogen (secondary N) is 1. The number of amides is 1. The van der Waals surface area contributed by atoms with Gasteiger partial charge in [0.2, 0.25) is 5.75 Å². The van der Waals surface area contributed by atoms with Crippen LogP contribution in [0.3, 0.4) is 0 Å². The first kappa shape index (κ1) is 20.4. The molecule has 0 radical (unpaired) electrons. The highest BCUT2D eigenvalue weighted by Gasteiger charge is 2.20. The van der Waals surface area contributed by atoms with Crippen LogP contribution in [0.5, 0.6) is 23.0 Å². The number of methoxy groups -OCH3 is 4. The van der Waals surface area contributed by atoms with E-state index in [0.29, 0.717) is 34.2 Å². The molecule has 1 N–H and O–H groups in total. The van der Waals surface area contributed by atoms with Crippen LogP contribution in [-0.4, -0.2) is 34.3 Å². The molecule has 0 aliphatic rings. The van der Waals surface area contributed by atoms with E-state index in [9.17, 15) is 4.79 Å². The molecule has 0 aliphatic heterocycles. The lowest BCUT2D eigenvalue weighted by atomic mass is 9.87. The lowest BCUT2D eigenvalue weighted by molar-refractivity contribution is 0.102. The van der Waals surface area contributed by atoms with Crippen molar-refractivity contribution >= 4 is 11.6 Å². The minimum Gasteiger partial charge on any atom is -0.495 e. The molecule has 0 heterocycles. The second-order valence-electron chi connectivity index (χ2n) is 7.03. The van der Waals surface area contributed by atoms with Crippen LogP contribution in [0.25, 0.3) is 0 Å². The summed E-state index contributed by atoms with van der Waals surface area (Å²) in [5.41, 5.74) is 2.01. The van der Waals surface area contributed by atoms with E-state index in [1.54, 1.807) is 19.2 Å². The van der Waals surface area contributed by atoms with Gasteiger partial charge < -0.3 is 24.3 Å². The number of hydrogen-bond donors (Lipinski definition) is 1. The van der Waals surface area contributed by atoms with Crippen molar-refractivity contribution in [2.45, 2.75) is 26.2 Å². The van der Waals surface area contributed by atoms with Crippen molar-refractivity contribution in [2.75, 3.05) is 33.8 Å². The van der Waals surface area contributed by atoms with Crippen LogP contribution in [0.1, 0.15) is 36.7 Å². The smallest absolute Gasteiger partial charge is 0.256 e. The summed E-state index contributed by atoms with van der Waals surface area (Å²) in [5.74, 6) is 1.54. The molecule has 6 nitrogen and oxygen atoms in total. The zero-order valence-corrected chi connectivity index (χ0v) is 16.9. The van der Waals surface area contributed by atoms with E-state index < -0.39 is 0 Å². The van der Waals surface area contributed by atoms with Crippen molar-refractivity contribution in [1.82, 2.24) is 0 Å². The molecule has 0 spiro atoms. The molecule has 2 rings (SSSR count). The summed E-state index contributed by atoms with van der Waals surface area (Å²) in [5, 5.41) is 2.91. The minimum atomic E-state index is -0.307. The maximum absolute atomic E-state index is 12.9. The Morgan fingerprint density at radius 2 is 1.37 bits per heavy atom. The average Bonchev–Trinajstić information content (AvgIpc) is 2.65. The minimum absolute atomic E-state index is 0.0572. The summed E-state index contributed by atoms with van der Waals surface area (Å²) in [6.07, 6.45) is 0. The highest BCUT2D eigenvalue weighted by molar-refractivity contribution is 6.06. The topological polar surface area (TPSA) is 66.0 Å². The lowest BCUT2D eigenvalue weighted by Gasteiger charge is -2.21. The third-order valence-corrected chi connectivity index (χ3v) is 4.24. The zero-order chi connectivity index (χ0) is 20.2. The van der Waals surface area contributed by atoms with Gasteiger partial charge in [0.05, 0.1) is 34.1 Å². The van der Waals surface area contributed by atoms with Crippen LogP contribution in [0.2, 0.25) is 0 Å². The molecule has 1 amide bonds. The number of carbonyl (C=O) groups is 1. The molecule has 0 unspecified atom stereocenters. The Hall–Kier alpha value is -2.89. The molecule has 6 heteroatoms. The summed E-state index contributed by atoms with van der Waals surface area (Å²) in [6, 6.07) is 8.99. The molecule has 0 atom stereocenters. The largest absolute Gasteiger partial charge is 0.495 e. The van der Waals surface area contributed by atoms with Gasteiger partial charge in [-0.1, -0.05) is 26.8 Å².